The molecule has 30 heavy (non-hydrogen) atoms. The fourth-order valence-electron chi connectivity index (χ4n) is 3.84. The minimum absolute atomic E-state index is 0.0325. The number of thiophene rings is 1. The predicted octanol–water partition coefficient (Wildman–Crippen LogP) is 2.22. The molecule has 0 bridgehead atoms. The average molecular weight is 449 g/mol. The number of benzene rings is 1. The zero-order valence-corrected chi connectivity index (χ0v) is 18.5. The van der Waals surface area contributed by atoms with Crippen LogP contribution in [-0.2, 0) is 37.0 Å². The van der Waals surface area contributed by atoms with Gasteiger partial charge in [0.05, 0.1) is 20.8 Å². The van der Waals surface area contributed by atoms with Gasteiger partial charge in [-0.25, -0.2) is 13.2 Å². The van der Waals surface area contributed by atoms with Crippen LogP contribution in [0.4, 0.5) is 0 Å². The van der Waals surface area contributed by atoms with Gasteiger partial charge in [-0.15, -0.1) is 16.2 Å². The van der Waals surface area contributed by atoms with Crippen molar-refractivity contribution in [2.24, 2.45) is 14.1 Å². The van der Waals surface area contributed by atoms with Crippen molar-refractivity contribution in [3.8, 4) is 0 Å². The van der Waals surface area contributed by atoms with E-state index in [0.717, 1.165) is 25.7 Å². The summed E-state index contributed by atoms with van der Waals surface area (Å²) in [6, 6.07) is 6.28. The Hall–Kier alpha value is -2.43. The third kappa shape index (κ3) is 3.82. The molecule has 1 amide bonds. The highest BCUT2D eigenvalue weighted by Gasteiger charge is 2.20. The van der Waals surface area contributed by atoms with E-state index in [1.165, 1.54) is 55.9 Å². The van der Waals surface area contributed by atoms with Crippen molar-refractivity contribution < 1.29 is 13.2 Å². The molecule has 0 saturated carbocycles. The Morgan fingerprint density at radius 3 is 2.47 bits per heavy atom. The molecule has 2 heterocycles. The Labute approximate surface area is 178 Å². The van der Waals surface area contributed by atoms with Crippen molar-refractivity contribution in [1.29, 1.82) is 0 Å². The molecule has 10 heteroatoms. The molecule has 160 valence electrons. The molecule has 0 fully saturated rings. The van der Waals surface area contributed by atoms with E-state index in [-0.39, 0.29) is 10.6 Å². The monoisotopic (exact) mass is 448 g/mol. The number of carbonyl (C=O) groups excluding carboxylic acids is 1. The molecule has 1 aliphatic carbocycles. The summed E-state index contributed by atoms with van der Waals surface area (Å²) in [5.74, 6) is -0.469. The molecule has 1 aromatic carbocycles. The van der Waals surface area contributed by atoms with Crippen LogP contribution in [0.2, 0.25) is 0 Å². The molecule has 0 saturated heterocycles. The lowest BCUT2D eigenvalue weighted by Gasteiger charge is -2.08. The number of hydrazine groups is 1. The molecule has 2 N–H and O–H groups in total. The van der Waals surface area contributed by atoms with Crippen LogP contribution in [0.15, 0.2) is 34.0 Å². The number of rotatable bonds is 4. The van der Waals surface area contributed by atoms with Gasteiger partial charge < -0.3 is 0 Å². The summed E-state index contributed by atoms with van der Waals surface area (Å²) in [6.07, 6.45) is 6.56. The number of imidazole rings is 1. The van der Waals surface area contributed by atoms with Gasteiger partial charge in [0, 0.05) is 19.0 Å². The normalized spacial score (nSPS) is 14.9. The van der Waals surface area contributed by atoms with Gasteiger partial charge in [-0.1, -0.05) is 12.8 Å². The zero-order valence-electron chi connectivity index (χ0n) is 16.9. The van der Waals surface area contributed by atoms with Crippen LogP contribution in [0, 0.1) is 0 Å². The second-order valence-electron chi connectivity index (χ2n) is 7.58. The minimum Gasteiger partial charge on any atom is -0.295 e. The highest BCUT2D eigenvalue weighted by atomic mass is 32.2. The number of sulfonamides is 1. The number of carbonyl (C=O) groups is 1. The first-order valence-corrected chi connectivity index (χ1v) is 12.2. The van der Waals surface area contributed by atoms with Crippen molar-refractivity contribution in [3.63, 3.8) is 0 Å². The Morgan fingerprint density at radius 2 is 1.70 bits per heavy atom. The summed E-state index contributed by atoms with van der Waals surface area (Å²) in [7, 11) is -0.781. The number of aromatic nitrogens is 2. The molecule has 1 aliphatic rings. The van der Waals surface area contributed by atoms with Crippen molar-refractivity contribution in [1.82, 2.24) is 19.4 Å². The van der Waals surface area contributed by atoms with Gasteiger partial charge in [0.1, 0.15) is 0 Å². The lowest BCUT2D eigenvalue weighted by molar-refractivity contribution is 0.0949. The molecular weight excluding hydrogens is 424 g/mol. The van der Waals surface area contributed by atoms with Crippen LogP contribution in [0.1, 0.15) is 45.8 Å². The summed E-state index contributed by atoms with van der Waals surface area (Å²) < 4.78 is 28.2. The number of hydrogen-bond donors (Lipinski definition) is 2. The molecule has 0 radical (unpaired) electrons. The average Bonchev–Trinajstić information content (AvgIpc) is 3.20. The third-order valence-electron chi connectivity index (χ3n) is 5.57. The number of aryl methyl sites for hydroxylation is 4. The van der Waals surface area contributed by atoms with Gasteiger partial charge in [0.25, 0.3) is 15.9 Å². The van der Waals surface area contributed by atoms with E-state index in [2.05, 4.69) is 10.3 Å². The van der Waals surface area contributed by atoms with Gasteiger partial charge in [-0.2, -0.15) is 0 Å². The summed E-state index contributed by atoms with van der Waals surface area (Å²) >= 11 is 1.43. The first-order chi connectivity index (χ1) is 14.3. The number of amides is 1. The molecule has 8 nitrogen and oxygen atoms in total. The summed E-state index contributed by atoms with van der Waals surface area (Å²) in [5.41, 5.74) is 4.39. The van der Waals surface area contributed by atoms with Gasteiger partial charge in [-0.05, 0) is 55.5 Å². The highest BCUT2D eigenvalue weighted by Crippen LogP contribution is 2.28. The van der Waals surface area contributed by atoms with Crippen molar-refractivity contribution >= 4 is 38.3 Å². The lowest BCUT2D eigenvalue weighted by atomic mass is 10.00. The van der Waals surface area contributed by atoms with Crippen molar-refractivity contribution in [2.45, 2.75) is 43.4 Å². The number of nitrogens with zero attached hydrogens (tertiary/aromatic N) is 2. The first-order valence-electron chi connectivity index (χ1n) is 9.87. The summed E-state index contributed by atoms with van der Waals surface area (Å²) in [4.78, 5) is 28.5. The highest BCUT2D eigenvalue weighted by molar-refractivity contribution is 7.89. The van der Waals surface area contributed by atoms with E-state index in [0.29, 0.717) is 15.9 Å². The fraction of sp³-hybridized carbons (Fsp3) is 0.400. The molecule has 2 aromatic heterocycles. The molecule has 0 aliphatic heterocycles. The molecule has 3 aromatic rings. The number of fused-ring (bicyclic) bond motifs is 2. The predicted molar refractivity (Wildman–Crippen MR) is 116 cm³/mol. The van der Waals surface area contributed by atoms with E-state index in [4.69, 9.17) is 0 Å². The van der Waals surface area contributed by atoms with Gasteiger partial charge in [0.15, 0.2) is 0 Å². The maximum absolute atomic E-state index is 12.7. The van der Waals surface area contributed by atoms with Crippen LogP contribution in [0.5, 0.6) is 0 Å². The SMILES string of the molecule is Cn1c(=O)n(C)c2cc(S(=O)(=O)NNC(=O)c3cc4c(s3)CCCCCC4)ccc21. The van der Waals surface area contributed by atoms with Crippen LogP contribution >= 0.6 is 11.3 Å². The summed E-state index contributed by atoms with van der Waals surface area (Å²) in [6.45, 7) is 0. The smallest absolute Gasteiger partial charge is 0.295 e. The summed E-state index contributed by atoms with van der Waals surface area (Å²) in [5, 5.41) is 0. The molecule has 0 atom stereocenters. The Morgan fingerprint density at radius 1 is 1.00 bits per heavy atom. The zero-order chi connectivity index (χ0) is 21.5. The first kappa shape index (κ1) is 20.8. The van der Waals surface area contributed by atoms with E-state index < -0.39 is 15.9 Å². The fourth-order valence-corrected chi connectivity index (χ4v) is 5.85. The molecular formula is C20H24N4O4S2. The van der Waals surface area contributed by atoms with Crippen LogP contribution < -0.4 is 15.9 Å². The Balaban J connectivity index is 1.52. The Kier molecular flexibility index (Phi) is 5.56. The maximum atomic E-state index is 12.7. The van der Waals surface area contributed by atoms with E-state index >= 15 is 0 Å². The Bertz CT molecular complexity index is 1260. The second kappa shape index (κ2) is 8.01. The third-order valence-corrected chi connectivity index (χ3v) is 8.05. The second-order valence-corrected chi connectivity index (χ2v) is 10.4. The van der Waals surface area contributed by atoms with Gasteiger partial charge in [-0.3, -0.25) is 19.4 Å². The standard InChI is InChI=1S/C20H24N4O4S2/c1-23-15-10-9-14(12-16(15)24(2)20(23)26)30(27,28)22-21-19(25)18-11-13-7-5-3-4-6-8-17(13)29-18/h9-12,22H,3-8H2,1-2H3,(H,21,25). The van der Waals surface area contributed by atoms with Gasteiger partial charge in [0.2, 0.25) is 0 Å². The van der Waals surface area contributed by atoms with Crippen LogP contribution in [-0.4, -0.2) is 23.5 Å². The number of hydrogen-bond acceptors (Lipinski definition) is 5. The molecule has 0 spiro atoms. The molecule has 0 unspecified atom stereocenters. The lowest BCUT2D eigenvalue weighted by Crippen LogP contribution is -2.41. The largest absolute Gasteiger partial charge is 0.328 e. The van der Waals surface area contributed by atoms with Crippen molar-refractivity contribution in [2.75, 3.05) is 0 Å². The van der Waals surface area contributed by atoms with E-state index in [1.54, 1.807) is 20.2 Å². The van der Waals surface area contributed by atoms with Crippen LogP contribution in [0.3, 0.4) is 0 Å². The van der Waals surface area contributed by atoms with E-state index in [9.17, 15) is 18.0 Å². The van der Waals surface area contributed by atoms with E-state index in [1.807, 2.05) is 6.07 Å². The van der Waals surface area contributed by atoms with Gasteiger partial charge >= 0.3 is 5.69 Å². The maximum Gasteiger partial charge on any atom is 0.328 e. The molecule has 4 rings (SSSR count). The quantitative estimate of drug-likeness (QED) is 0.598. The van der Waals surface area contributed by atoms with Crippen molar-refractivity contribution in [3.05, 3.63) is 50.1 Å². The topological polar surface area (TPSA) is 102 Å². The number of nitrogens with one attached hydrogen (secondary N) is 2. The van der Waals surface area contributed by atoms with Crippen LogP contribution in [0.25, 0.3) is 11.0 Å². The minimum atomic E-state index is -3.99.